The summed E-state index contributed by atoms with van der Waals surface area (Å²) in [5, 5.41) is 18.5. The highest BCUT2D eigenvalue weighted by Gasteiger charge is 2.27. The summed E-state index contributed by atoms with van der Waals surface area (Å²) in [5.74, 6) is -3.60. The summed E-state index contributed by atoms with van der Waals surface area (Å²) < 4.78 is 11.6. The molecule has 0 bridgehead atoms. The number of aryl methyl sites for hydroxylation is 1. The Bertz CT molecular complexity index is 1510. The molecule has 0 fully saturated rings. The maximum atomic E-state index is 13.7. The molecule has 6 N–H and O–H groups in total. The molecule has 4 rings (SSSR count). The molecule has 0 saturated heterocycles. The standard InChI is InChI=1S/C29H28N4O8/c30-29(31)32-20-10-11-21-19(14-20)3-2-12-40-26-22(4-1-5-23(26)41-28(21)39)27(38)33(16-25(36)37)15-18-8-6-17(7-9-18)13-24(34)35/h1,4-11,14H,2-3,12-13,15-16H2,(H,34,35)(H,36,37)(H4,30,31,32). The number of aliphatic imine (C=N–C) groups is 1. The van der Waals surface area contributed by atoms with Gasteiger partial charge in [-0.3, -0.25) is 14.4 Å². The number of esters is 1. The molecule has 1 amide bonds. The number of fused-ring (bicyclic) bond motifs is 2. The van der Waals surface area contributed by atoms with E-state index in [-0.39, 0.29) is 42.6 Å². The van der Waals surface area contributed by atoms with E-state index >= 15 is 0 Å². The zero-order valence-electron chi connectivity index (χ0n) is 21.9. The molecule has 0 atom stereocenters. The lowest BCUT2D eigenvalue weighted by molar-refractivity contribution is -0.138. The number of carboxylic acid groups (broad SMARTS) is 2. The van der Waals surface area contributed by atoms with Crippen LogP contribution in [0, 0.1) is 0 Å². The lowest BCUT2D eigenvalue weighted by atomic mass is 10.0. The molecule has 12 heteroatoms. The Balaban J connectivity index is 1.63. The maximum Gasteiger partial charge on any atom is 0.343 e. The number of guanidine groups is 1. The van der Waals surface area contributed by atoms with Crippen molar-refractivity contribution in [2.75, 3.05) is 13.2 Å². The van der Waals surface area contributed by atoms with Crippen LogP contribution in [0.4, 0.5) is 5.69 Å². The van der Waals surface area contributed by atoms with Gasteiger partial charge in [-0.25, -0.2) is 9.79 Å². The topological polar surface area (TPSA) is 195 Å². The van der Waals surface area contributed by atoms with Crippen molar-refractivity contribution >= 4 is 35.5 Å². The molecular weight excluding hydrogens is 532 g/mol. The lowest BCUT2D eigenvalue weighted by Gasteiger charge is -2.24. The molecule has 0 unspecified atom stereocenters. The van der Waals surface area contributed by atoms with Crippen molar-refractivity contribution in [1.82, 2.24) is 4.90 Å². The summed E-state index contributed by atoms with van der Waals surface area (Å²) in [4.78, 5) is 54.5. The summed E-state index contributed by atoms with van der Waals surface area (Å²) >= 11 is 0. The van der Waals surface area contributed by atoms with E-state index < -0.39 is 30.4 Å². The van der Waals surface area contributed by atoms with E-state index in [4.69, 9.17) is 26.0 Å². The number of hydrogen-bond acceptors (Lipinski definition) is 7. The second-order valence-corrected chi connectivity index (χ2v) is 9.29. The van der Waals surface area contributed by atoms with Crippen molar-refractivity contribution in [3.63, 3.8) is 0 Å². The van der Waals surface area contributed by atoms with Crippen LogP contribution >= 0.6 is 0 Å². The summed E-state index contributed by atoms with van der Waals surface area (Å²) in [7, 11) is 0. The molecule has 1 aliphatic rings. The van der Waals surface area contributed by atoms with Crippen LogP contribution in [0.25, 0.3) is 0 Å². The van der Waals surface area contributed by atoms with Crippen LogP contribution in [0.5, 0.6) is 11.5 Å². The minimum absolute atomic E-state index is 0.00954. The van der Waals surface area contributed by atoms with Crippen molar-refractivity contribution < 1.29 is 38.9 Å². The third-order valence-electron chi connectivity index (χ3n) is 6.18. The largest absolute Gasteiger partial charge is 0.489 e. The molecule has 1 heterocycles. The van der Waals surface area contributed by atoms with Gasteiger partial charge in [0.1, 0.15) is 6.54 Å². The quantitative estimate of drug-likeness (QED) is 0.138. The molecule has 1 aliphatic heterocycles. The molecule has 12 nitrogen and oxygen atoms in total. The second-order valence-electron chi connectivity index (χ2n) is 9.29. The van der Waals surface area contributed by atoms with Crippen molar-refractivity contribution in [2.24, 2.45) is 16.5 Å². The first kappa shape index (κ1) is 28.6. The fourth-order valence-corrected chi connectivity index (χ4v) is 4.40. The van der Waals surface area contributed by atoms with Crippen LogP contribution in [0.3, 0.4) is 0 Å². The van der Waals surface area contributed by atoms with Crippen LogP contribution in [0.1, 0.15) is 43.8 Å². The van der Waals surface area contributed by atoms with Crippen molar-refractivity contribution in [3.05, 3.63) is 88.5 Å². The van der Waals surface area contributed by atoms with E-state index in [1.54, 1.807) is 42.5 Å². The Morgan fingerprint density at radius 2 is 1.68 bits per heavy atom. The SMILES string of the molecule is NC(N)=Nc1ccc2c(c1)CCCOc1c(cccc1C(=O)N(CC(=O)O)Cc1ccc(CC(=O)O)cc1)OC2=O. The van der Waals surface area contributed by atoms with Crippen molar-refractivity contribution in [1.29, 1.82) is 0 Å². The number of ether oxygens (including phenoxy) is 2. The van der Waals surface area contributed by atoms with Gasteiger partial charge in [0.2, 0.25) is 0 Å². The van der Waals surface area contributed by atoms with Crippen LogP contribution in [-0.4, -0.2) is 58.0 Å². The normalized spacial score (nSPS) is 12.5. The summed E-state index contributed by atoms with van der Waals surface area (Å²) in [6, 6.07) is 15.8. The van der Waals surface area contributed by atoms with Gasteiger partial charge in [0.15, 0.2) is 17.5 Å². The van der Waals surface area contributed by atoms with Gasteiger partial charge in [0, 0.05) is 6.54 Å². The number of nitrogens with two attached hydrogens (primary N) is 2. The van der Waals surface area contributed by atoms with E-state index in [2.05, 4.69) is 4.99 Å². The zero-order chi connectivity index (χ0) is 29.5. The fourth-order valence-electron chi connectivity index (χ4n) is 4.40. The molecule has 212 valence electrons. The zero-order valence-corrected chi connectivity index (χ0v) is 21.9. The number of para-hydroxylation sites is 1. The van der Waals surface area contributed by atoms with Gasteiger partial charge in [-0.15, -0.1) is 0 Å². The monoisotopic (exact) mass is 560 g/mol. The molecule has 3 aromatic carbocycles. The predicted molar refractivity (Wildman–Crippen MR) is 147 cm³/mol. The van der Waals surface area contributed by atoms with Crippen LogP contribution in [0.15, 0.2) is 65.7 Å². The van der Waals surface area contributed by atoms with Gasteiger partial charge in [0.25, 0.3) is 5.91 Å². The highest BCUT2D eigenvalue weighted by molar-refractivity contribution is 6.00. The molecule has 0 saturated carbocycles. The predicted octanol–water partition coefficient (Wildman–Crippen LogP) is 2.49. The molecule has 3 aromatic rings. The Kier molecular flexibility index (Phi) is 8.82. The van der Waals surface area contributed by atoms with Gasteiger partial charge < -0.3 is 36.1 Å². The number of carbonyl (C=O) groups is 4. The molecule has 0 radical (unpaired) electrons. The third-order valence-corrected chi connectivity index (χ3v) is 6.18. The fraction of sp³-hybridized carbons (Fsp3) is 0.207. The van der Waals surface area contributed by atoms with E-state index in [0.29, 0.717) is 40.8 Å². The second kappa shape index (κ2) is 12.6. The van der Waals surface area contributed by atoms with Gasteiger partial charge in [-0.2, -0.15) is 0 Å². The Morgan fingerprint density at radius 3 is 2.37 bits per heavy atom. The lowest BCUT2D eigenvalue weighted by Crippen LogP contribution is -2.35. The van der Waals surface area contributed by atoms with E-state index in [1.165, 1.54) is 18.2 Å². The van der Waals surface area contributed by atoms with E-state index in [0.717, 1.165) is 4.90 Å². The average Bonchev–Trinajstić information content (AvgIpc) is 2.91. The third kappa shape index (κ3) is 7.38. The van der Waals surface area contributed by atoms with Crippen LogP contribution in [-0.2, 0) is 29.0 Å². The number of benzene rings is 3. The van der Waals surface area contributed by atoms with Gasteiger partial charge in [0.05, 0.1) is 29.8 Å². The average molecular weight is 561 g/mol. The summed E-state index contributed by atoms with van der Waals surface area (Å²) in [5.41, 5.74) is 13.6. The Hall–Kier alpha value is -5.39. The number of aliphatic carboxylic acids is 2. The first-order chi connectivity index (χ1) is 19.6. The Labute approximate surface area is 234 Å². The first-order valence-electron chi connectivity index (χ1n) is 12.6. The van der Waals surface area contributed by atoms with Gasteiger partial charge in [-0.05, 0) is 59.9 Å². The van der Waals surface area contributed by atoms with Crippen LogP contribution < -0.4 is 20.9 Å². The molecule has 0 aliphatic carbocycles. The number of rotatable bonds is 8. The number of hydrogen-bond donors (Lipinski definition) is 4. The van der Waals surface area contributed by atoms with Crippen molar-refractivity contribution in [3.8, 4) is 11.5 Å². The highest BCUT2D eigenvalue weighted by atomic mass is 16.6. The molecule has 41 heavy (non-hydrogen) atoms. The smallest absolute Gasteiger partial charge is 0.343 e. The van der Waals surface area contributed by atoms with Crippen molar-refractivity contribution in [2.45, 2.75) is 25.8 Å². The van der Waals surface area contributed by atoms with Gasteiger partial charge >= 0.3 is 17.9 Å². The minimum atomic E-state index is -1.22. The number of nitrogens with zero attached hydrogens (tertiary/aromatic N) is 2. The van der Waals surface area contributed by atoms with E-state index in [9.17, 15) is 24.3 Å². The number of carboxylic acids is 2. The Morgan fingerprint density at radius 1 is 0.951 bits per heavy atom. The number of carbonyl (C=O) groups excluding carboxylic acids is 2. The van der Waals surface area contributed by atoms with E-state index in [1.807, 2.05) is 0 Å². The summed E-state index contributed by atoms with van der Waals surface area (Å²) in [6.07, 6.45) is 0.758. The summed E-state index contributed by atoms with van der Waals surface area (Å²) in [6.45, 7) is -0.497. The van der Waals surface area contributed by atoms with Gasteiger partial charge in [-0.1, -0.05) is 30.3 Å². The highest BCUT2D eigenvalue weighted by Crippen LogP contribution is 2.35. The molecular formula is C29H28N4O8. The number of amides is 1. The molecule has 0 spiro atoms. The maximum absolute atomic E-state index is 13.7. The molecule has 0 aromatic heterocycles. The minimum Gasteiger partial charge on any atom is -0.489 e. The van der Waals surface area contributed by atoms with Crippen LogP contribution in [0.2, 0.25) is 0 Å². The first-order valence-corrected chi connectivity index (χ1v) is 12.6.